The van der Waals surface area contributed by atoms with Crippen LogP contribution in [0.3, 0.4) is 0 Å². The first-order chi connectivity index (χ1) is 8.09. The smallest absolute Gasteiger partial charge is 0.276 e. The molecule has 1 aromatic carbocycles. The van der Waals surface area contributed by atoms with Crippen LogP contribution in [0.25, 0.3) is 0 Å². The first-order valence-corrected chi connectivity index (χ1v) is 5.68. The van der Waals surface area contributed by atoms with E-state index in [1.54, 1.807) is 19.1 Å². The number of nitrogens with zero attached hydrogens (tertiary/aromatic N) is 1. The van der Waals surface area contributed by atoms with E-state index in [1.807, 2.05) is 0 Å². The van der Waals surface area contributed by atoms with Gasteiger partial charge < -0.3 is 9.84 Å². The number of hydrogen-bond donors (Lipinski definition) is 1. The third-order valence-corrected chi connectivity index (χ3v) is 3.15. The fraction of sp³-hybridized carbons (Fsp3) is 0.500. The lowest BCUT2D eigenvalue weighted by atomic mass is 10.1. The molecule has 0 bridgehead atoms. The van der Waals surface area contributed by atoms with Crippen molar-refractivity contribution in [3.8, 4) is 5.75 Å². The van der Waals surface area contributed by atoms with Gasteiger partial charge in [0.25, 0.3) is 5.69 Å². The number of rotatable bonds is 3. The van der Waals surface area contributed by atoms with Crippen LogP contribution in [0.4, 0.5) is 5.69 Å². The Hall–Kier alpha value is -1.62. The standard InChI is InChI=1S/C12H15NO4/c1-8-9(13(15)16)4-2-6-11(8)17-12-7-3-5-10(12)14/h2,4,6,10,12,14H,3,5,7H2,1H3/t10-,12-/m0/s1. The summed E-state index contributed by atoms with van der Waals surface area (Å²) in [6.45, 7) is 1.66. The van der Waals surface area contributed by atoms with Gasteiger partial charge in [0.1, 0.15) is 11.9 Å². The third kappa shape index (κ3) is 2.39. The van der Waals surface area contributed by atoms with E-state index in [-0.39, 0.29) is 11.8 Å². The Labute approximate surface area is 99.2 Å². The minimum absolute atomic E-state index is 0.0509. The Kier molecular flexibility index (Phi) is 3.28. The Morgan fingerprint density at radius 2 is 2.24 bits per heavy atom. The lowest BCUT2D eigenvalue weighted by Crippen LogP contribution is -2.25. The topological polar surface area (TPSA) is 72.6 Å². The first kappa shape index (κ1) is 11.9. The number of ether oxygens (including phenoxy) is 1. The van der Waals surface area contributed by atoms with Crippen LogP contribution in [-0.2, 0) is 0 Å². The molecule has 0 radical (unpaired) electrons. The van der Waals surface area contributed by atoms with Crippen LogP contribution in [0.15, 0.2) is 18.2 Å². The Balaban J connectivity index is 2.21. The Morgan fingerprint density at radius 1 is 1.47 bits per heavy atom. The quantitative estimate of drug-likeness (QED) is 0.646. The molecule has 1 N–H and O–H groups in total. The summed E-state index contributed by atoms with van der Waals surface area (Å²) >= 11 is 0. The molecule has 2 rings (SSSR count). The summed E-state index contributed by atoms with van der Waals surface area (Å²) < 4.78 is 5.65. The summed E-state index contributed by atoms with van der Waals surface area (Å²) in [4.78, 5) is 10.4. The molecule has 5 heteroatoms. The van der Waals surface area contributed by atoms with E-state index in [0.29, 0.717) is 11.3 Å². The molecule has 0 aromatic heterocycles. The van der Waals surface area contributed by atoms with Crippen LogP contribution in [0.2, 0.25) is 0 Å². The van der Waals surface area contributed by atoms with E-state index < -0.39 is 11.0 Å². The predicted molar refractivity (Wildman–Crippen MR) is 62.1 cm³/mol. The molecular formula is C12H15NO4. The van der Waals surface area contributed by atoms with Gasteiger partial charge in [-0.25, -0.2) is 0 Å². The molecule has 5 nitrogen and oxygen atoms in total. The van der Waals surface area contributed by atoms with Crippen molar-refractivity contribution < 1.29 is 14.8 Å². The average molecular weight is 237 g/mol. The number of nitro groups is 1. The fourth-order valence-corrected chi connectivity index (χ4v) is 2.14. The number of aliphatic hydroxyl groups excluding tert-OH is 1. The summed E-state index contributed by atoms with van der Waals surface area (Å²) in [5.41, 5.74) is 0.562. The molecule has 0 spiro atoms. The zero-order valence-corrected chi connectivity index (χ0v) is 9.63. The average Bonchev–Trinajstić information content (AvgIpc) is 2.67. The largest absolute Gasteiger partial charge is 0.487 e. The van der Waals surface area contributed by atoms with Crippen LogP contribution in [0, 0.1) is 17.0 Å². The zero-order chi connectivity index (χ0) is 12.4. The van der Waals surface area contributed by atoms with Crippen LogP contribution >= 0.6 is 0 Å². The van der Waals surface area contributed by atoms with Crippen LogP contribution in [0.5, 0.6) is 5.75 Å². The molecule has 2 atom stereocenters. The Bertz CT molecular complexity index is 433. The van der Waals surface area contributed by atoms with Gasteiger partial charge in [-0.05, 0) is 32.3 Å². The molecule has 0 saturated heterocycles. The molecule has 17 heavy (non-hydrogen) atoms. The van der Waals surface area contributed by atoms with Crippen molar-refractivity contribution in [1.29, 1.82) is 0 Å². The molecule has 0 heterocycles. The predicted octanol–water partition coefficient (Wildman–Crippen LogP) is 2.20. The van der Waals surface area contributed by atoms with Gasteiger partial charge in [-0.1, -0.05) is 6.07 Å². The third-order valence-electron chi connectivity index (χ3n) is 3.15. The van der Waals surface area contributed by atoms with E-state index in [9.17, 15) is 15.2 Å². The summed E-state index contributed by atoms with van der Waals surface area (Å²) in [7, 11) is 0. The van der Waals surface area contributed by atoms with Crippen molar-refractivity contribution in [3.05, 3.63) is 33.9 Å². The Morgan fingerprint density at radius 3 is 2.82 bits per heavy atom. The highest BCUT2D eigenvalue weighted by molar-refractivity contribution is 5.48. The second-order valence-electron chi connectivity index (χ2n) is 4.31. The number of benzene rings is 1. The maximum atomic E-state index is 10.8. The minimum atomic E-state index is -0.464. The molecule has 1 aromatic rings. The van der Waals surface area contributed by atoms with Crippen molar-refractivity contribution in [1.82, 2.24) is 0 Å². The highest BCUT2D eigenvalue weighted by atomic mass is 16.6. The van der Waals surface area contributed by atoms with Gasteiger partial charge in [0, 0.05) is 6.07 Å². The maximum absolute atomic E-state index is 10.8. The van der Waals surface area contributed by atoms with Gasteiger partial charge >= 0.3 is 0 Å². The van der Waals surface area contributed by atoms with Gasteiger partial charge in [-0.2, -0.15) is 0 Å². The van der Waals surface area contributed by atoms with Crippen molar-refractivity contribution in [2.24, 2.45) is 0 Å². The lowest BCUT2D eigenvalue weighted by molar-refractivity contribution is -0.385. The highest BCUT2D eigenvalue weighted by Crippen LogP contribution is 2.31. The van der Waals surface area contributed by atoms with Crippen LogP contribution < -0.4 is 4.74 Å². The molecule has 0 aliphatic heterocycles. The van der Waals surface area contributed by atoms with Crippen molar-refractivity contribution in [3.63, 3.8) is 0 Å². The van der Waals surface area contributed by atoms with Gasteiger partial charge in [-0.15, -0.1) is 0 Å². The highest BCUT2D eigenvalue weighted by Gasteiger charge is 2.28. The molecule has 92 valence electrons. The second-order valence-corrected chi connectivity index (χ2v) is 4.31. The molecule has 0 amide bonds. The van der Waals surface area contributed by atoms with E-state index in [1.165, 1.54) is 6.07 Å². The number of nitro benzene ring substituents is 1. The number of hydrogen-bond acceptors (Lipinski definition) is 4. The maximum Gasteiger partial charge on any atom is 0.276 e. The summed E-state index contributed by atoms with van der Waals surface area (Å²) in [6.07, 6.45) is 1.76. The van der Waals surface area contributed by atoms with E-state index in [2.05, 4.69) is 0 Å². The van der Waals surface area contributed by atoms with Gasteiger partial charge in [0.15, 0.2) is 0 Å². The number of aliphatic hydroxyl groups is 1. The fourth-order valence-electron chi connectivity index (χ4n) is 2.14. The second kappa shape index (κ2) is 4.71. The summed E-state index contributed by atoms with van der Waals surface area (Å²) in [6, 6.07) is 4.75. The molecule has 1 aliphatic carbocycles. The van der Waals surface area contributed by atoms with E-state index in [0.717, 1.165) is 19.3 Å². The molecule has 1 aliphatic rings. The lowest BCUT2D eigenvalue weighted by Gasteiger charge is -2.18. The van der Waals surface area contributed by atoms with Crippen molar-refractivity contribution in [2.75, 3.05) is 0 Å². The van der Waals surface area contributed by atoms with Crippen molar-refractivity contribution >= 4 is 5.69 Å². The van der Waals surface area contributed by atoms with Crippen LogP contribution in [0.1, 0.15) is 24.8 Å². The summed E-state index contributed by atoms with van der Waals surface area (Å²) in [5.74, 6) is 0.491. The first-order valence-electron chi connectivity index (χ1n) is 5.68. The summed E-state index contributed by atoms with van der Waals surface area (Å²) in [5, 5.41) is 20.4. The normalized spacial score (nSPS) is 23.6. The van der Waals surface area contributed by atoms with E-state index >= 15 is 0 Å². The zero-order valence-electron chi connectivity index (χ0n) is 9.63. The monoisotopic (exact) mass is 237 g/mol. The SMILES string of the molecule is Cc1c(O[C@H]2CCC[C@@H]2O)cccc1[N+](=O)[O-]. The molecule has 1 fully saturated rings. The molecule has 0 unspecified atom stereocenters. The molecular weight excluding hydrogens is 222 g/mol. The minimum Gasteiger partial charge on any atom is -0.487 e. The van der Waals surface area contributed by atoms with Gasteiger partial charge in [0.2, 0.25) is 0 Å². The van der Waals surface area contributed by atoms with Gasteiger partial charge in [-0.3, -0.25) is 10.1 Å². The van der Waals surface area contributed by atoms with Crippen molar-refractivity contribution in [2.45, 2.75) is 38.4 Å². The van der Waals surface area contributed by atoms with Gasteiger partial charge in [0.05, 0.1) is 16.6 Å². The van der Waals surface area contributed by atoms with Crippen LogP contribution in [-0.4, -0.2) is 22.2 Å². The van der Waals surface area contributed by atoms with E-state index in [4.69, 9.17) is 4.74 Å². The molecule has 1 saturated carbocycles.